The van der Waals surface area contributed by atoms with Gasteiger partial charge in [0.05, 0.1) is 6.54 Å². The van der Waals surface area contributed by atoms with Gasteiger partial charge in [-0.1, -0.05) is 36.4 Å². The fourth-order valence-electron chi connectivity index (χ4n) is 4.08. The van der Waals surface area contributed by atoms with Gasteiger partial charge in [-0.05, 0) is 53.8 Å². The highest BCUT2D eigenvalue weighted by molar-refractivity contribution is 5.69. The van der Waals surface area contributed by atoms with Crippen LogP contribution in [0.2, 0.25) is 0 Å². The van der Waals surface area contributed by atoms with Crippen LogP contribution in [0.4, 0.5) is 18.9 Å². The van der Waals surface area contributed by atoms with Gasteiger partial charge in [-0.2, -0.15) is 13.2 Å². The fourth-order valence-corrected chi connectivity index (χ4v) is 4.08. The van der Waals surface area contributed by atoms with Crippen LogP contribution in [0, 0.1) is 0 Å². The van der Waals surface area contributed by atoms with Crippen molar-refractivity contribution in [3.8, 4) is 17.0 Å². The average molecular weight is 442 g/mol. The minimum Gasteiger partial charge on any atom is -0.472 e. The summed E-state index contributed by atoms with van der Waals surface area (Å²) in [5, 5.41) is 9.34. The Kier molecular flexibility index (Phi) is 6.65. The third kappa shape index (κ3) is 5.05. The summed E-state index contributed by atoms with van der Waals surface area (Å²) < 4.78 is 45.5. The standard InChI is InChI=1S/C25H25F3N2O2/c26-25(27,28)22-9-4-13-29-24(22)32-21-12-14-30(17-21)23-11-10-19(16-20(23)8-5-15-31)18-6-2-1-3-7-18/h1-4,6-7,9-11,13,16,21,31H,5,8,12,14-15,17H2/t21-/m1/s1. The average Bonchev–Trinajstić information content (AvgIpc) is 3.26. The van der Waals surface area contributed by atoms with Crippen LogP contribution in [-0.4, -0.2) is 35.9 Å². The van der Waals surface area contributed by atoms with Crippen LogP contribution in [0.1, 0.15) is 24.0 Å². The number of hydrogen-bond acceptors (Lipinski definition) is 4. The topological polar surface area (TPSA) is 45.6 Å². The Bertz CT molecular complexity index is 1040. The van der Waals surface area contributed by atoms with Gasteiger partial charge in [-0.25, -0.2) is 4.98 Å². The van der Waals surface area contributed by atoms with E-state index in [0.29, 0.717) is 32.4 Å². The van der Waals surface area contributed by atoms with Crippen molar-refractivity contribution in [3.63, 3.8) is 0 Å². The number of aliphatic hydroxyl groups is 1. The van der Waals surface area contributed by atoms with E-state index in [4.69, 9.17) is 4.74 Å². The van der Waals surface area contributed by atoms with Gasteiger partial charge < -0.3 is 14.7 Å². The molecule has 4 nitrogen and oxygen atoms in total. The predicted octanol–water partition coefficient (Wildman–Crippen LogP) is 5.35. The third-order valence-corrected chi connectivity index (χ3v) is 5.63. The van der Waals surface area contributed by atoms with Gasteiger partial charge in [0.1, 0.15) is 11.7 Å². The van der Waals surface area contributed by atoms with E-state index in [9.17, 15) is 18.3 Å². The second kappa shape index (κ2) is 9.61. The molecule has 1 fully saturated rings. The van der Waals surface area contributed by atoms with Gasteiger partial charge in [0.2, 0.25) is 5.88 Å². The second-order valence-corrected chi connectivity index (χ2v) is 7.87. The van der Waals surface area contributed by atoms with E-state index < -0.39 is 11.7 Å². The lowest BCUT2D eigenvalue weighted by Gasteiger charge is -2.23. The van der Waals surface area contributed by atoms with Crippen LogP contribution in [0.25, 0.3) is 11.1 Å². The largest absolute Gasteiger partial charge is 0.472 e. The molecule has 4 rings (SSSR count). The summed E-state index contributed by atoms with van der Waals surface area (Å²) in [6, 6.07) is 18.6. The van der Waals surface area contributed by atoms with Crippen LogP contribution < -0.4 is 9.64 Å². The van der Waals surface area contributed by atoms with E-state index in [1.807, 2.05) is 18.2 Å². The Morgan fingerprint density at radius 3 is 2.59 bits per heavy atom. The molecule has 1 saturated heterocycles. The lowest BCUT2D eigenvalue weighted by atomic mass is 9.99. The van der Waals surface area contributed by atoms with Crippen molar-refractivity contribution in [2.45, 2.75) is 31.5 Å². The first-order chi connectivity index (χ1) is 15.5. The zero-order valence-corrected chi connectivity index (χ0v) is 17.6. The molecule has 1 aliphatic heterocycles. The first-order valence-corrected chi connectivity index (χ1v) is 10.7. The highest BCUT2D eigenvalue weighted by Crippen LogP contribution is 2.36. The molecule has 1 aliphatic rings. The lowest BCUT2D eigenvalue weighted by molar-refractivity contribution is -0.139. The summed E-state index contributed by atoms with van der Waals surface area (Å²) in [5.74, 6) is -0.369. The Hall–Kier alpha value is -3.06. The van der Waals surface area contributed by atoms with Crippen molar-refractivity contribution < 1.29 is 23.0 Å². The molecule has 1 N–H and O–H groups in total. The first-order valence-electron chi connectivity index (χ1n) is 10.7. The molecule has 7 heteroatoms. The molecular formula is C25H25F3N2O2. The van der Waals surface area contributed by atoms with Gasteiger partial charge in [-0.15, -0.1) is 0 Å². The van der Waals surface area contributed by atoms with E-state index in [1.54, 1.807) is 0 Å². The molecule has 0 bridgehead atoms. The zero-order valence-electron chi connectivity index (χ0n) is 17.6. The van der Waals surface area contributed by atoms with Crippen LogP contribution in [0.15, 0.2) is 66.9 Å². The van der Waals surface area contributed by atoms with Gasteiger partial charge >= 0.3 is 6.18 Å². The van der Waals surface area contributed by atoms with E-state index in [0.717, 1.165) is 28.4 Å². The maximum Gasteiger partial charge on any atom is 0.421 e. The molecule has 3 aromatic rings. The number of halogens is 3. The van der Waals surface area contributed by atoms with Gasteiger partial charge in [0.15, 0.2) is 0 Å². The first kappa shape index (κ1) is 22.1. The van der Waals surface area contributed by atoms with E-state index >= 15 is 0 Å². The highest BCUT2D eigenvalue weighted by atomic mass is 19.4. The monoisotopic (exact) mass is 442 g/mol. The smallest absolute Gasteiger partial charge is 0.421 e. The summed E-state index contributed by atoms with van der Waals surface area (Å²) in [4.78, 5) is 5.96. The fraction of sp³-hybridized carbons (Fsp3) is 0.320. The number of rotatable bonds is 7. The number of aryl methyl sites for hydroxylation is 1. The van der Waals surface area contributed by atoms with Crippen LogP contribution in [0.5, 0.6) is 5.88 Å². The molecule has 32 heavy (non-hydrogen) atoms. The number of benzene rings is 2. The van der Waals surface area contributed by atoms with E-state index in [1.165, 1.54) is 12.3 Å². The number of alkyl halides is 3. The molecule has 1 aromatic heterocycles. The Labute approximate surface area is 185 Å². The summed E-state index contributed by atoms with van der Waals surface area (Å²) in [5.41, 5.74) is 3.49. The van der Waals surface area contributed by atoms with Crippen LogP contribution in [-0.2, 0) is 12.6 Å². The number of ether oxygens (including phenoxy) is 1. The van der Waals surface area contributed by atoms with Crippen molar-refractivity contribution in [1.82, 2.24) is 4.98 Å². The number of nitrogens with zero attached hydrogens (tertiary/aromatic N) is 2. The van der Waals surface area contributed by atoms with Crippen molar-refractivity contribution in [3.05, 3.63) is 78.0 Å². The lowest BCUT2D eigenvalue weighted by Crippen LogP contribution is -2.26. The maximum absolute atomic E-state index is 13.3. The molecule has 0 saturated carbocycles. The third-order valence-electron chi connectivity index (χ3n) is 5.63. The maximum atomic E-state index is 13.3. The number of aliphatic hydroxyl groups excluding tert-OH is 1. The molecule has 0 radical (unpaired) electrons. The number of pyridine rings is 1. The molecular weight excluding hydrogens is 417 g/mol. The summed E-state index contributed by atoms with van der Waals surface area (Å²) >= 11 is 0. The molecule has 0 unspecified atom stereocenters. The quantitative estimate of drug-likeness (QED) is 0.536. The van der Waals surface area contributed by atoms with E-state index in [2.05, 4.69) is 40.2 Å². The Morgan fingerprint density at radius 2 is 1.84 bits per heavy atom. The zero-order chi connectivity index (χ0) is 22.6. The molecule has 0 aliphatic carbocycles. The minimum absolute atomic E-state index is 0.0979. The Morgan fingerprint density at radius 1 is 1.03 bits per heavy atom. The molecule has 1 atom stereocenters. The van der Waals surface area contributed by atoms with Crippen molar-refractivity contribution in [1.29, 1.82) is 0 Å². The van der Waals surface area contributed by atoms with Crippen LogP contribution in [0.3, 0.4) is 0 Å². The molecule has 0 amide bonds. The van der Waals surface area contributed by atoms with Crippen molar-refractivity contribution >= 4 is 5.69 Å². The van der Waals surface area contributed by atoms with Gasteiger partial charge in [0.25, 0.3) is 0 Å². The minimum atomic E-state index is -4.51. The van der Waals surface area contributed by atoms with Crippen LogP contribution >= 0.6 is 0 Å². The molecule has 2 heterocycles. The summed E-state index contributed by atoms with van der Waals surface area (Å²) in [7, 11) is 0. The SMILES string of the molecule is OCCCc1cc(-c2ccccc2)ccc1N1CC[C@@H](Oc2ncccc2C(F)(F)F)C1. The second-order valence-electron chi connectivity index (χ2n) is 7.87. The van der Waals surface area contributed by atoms with Crippen molar-refractivity contribution in [2.75, 3.05) is 24.6 Å². The highest BCUT2D eigenvalue weighted by Gasteiger charge is 2.36. The van der Waals surface area contributed by atoms with Gasteiger partial charge in [-0.3, -0.25) is 0 Å². The molecule has 168 valence electrons. The Balaban J connectivity index is 1.53. The summed E-state index contributed by atoms with van der Waals surface area (Å²) in [6.07, 6.45) is -1.62. The number of aromatic nitrogens is 1. The molecule has 0 spiro atoms. The number of anilines is 1. The normalized spacial score (nSPS) is 16.4. The van der Waals surface area contributed by atoms with Gasteiger partial charge in [0, 0.05) is 31.5 Å². The molecule has 2 aromatic carbocycles. The van der Waals surface area contributed by atoms with E-state index in [-0.39, 0.29) is 18.6 Å². The van der Waals surface area contributed by atoms with Crippen molar-refractivity contribution in [2.24, 2.45) is 0 Å². The number of hydrogen-bond donors (Lipinski definition) is 1. The predicted molar refractivity (Wildman–Crippen MR) is 118 cm³/mol. The summed E-state index contributed by atoms with van der Waals surface area (Å²) in [6.45, 7) is 1.25.